The van der Waals surface area contributed by atoms with Crippen LogP contribution in [0.25, 0.3) is 0 Å². The van der Waals surface area contributed by atoms with Crippen molar-refractivity contribution in [1.29, 1.82) is 0 Å². The van der Waals surface area contributed by atoms with Crippen molar-refractivity contribution in [3.8, 4) is 0 Å². The number of benzene rings is 1. The molecule has 0 radical (unpaired) electrons. The van der Waals surface area contributed by atoms with E-state index in [1.807, 2.05) is 0 Å². The van der Waals surface area contributed by atoms with Crippen molar-refractivity contribution >= 4 is 35.9 Å². The lowest BCUT2D eigenvalue weighted by Gasteiger charge is -2.12. The Morgan fingerprint density at radius 2 is 1.77 bits per heavy atom. The van der Waals surface area contributed by atoms with E-state index in [-0.39, 0.29) is 29.9 Å². The van der Waals surface area contributed by atoms with Gasteiger partial charge < -0.3 is 15.4 Å². The van der Waals surface area contributed by atoms with Crippen LogP contribution in [0.5, 0.6) is 0 Å². The Hall–Kier alpha value is -1.52. The van der Waals surface area contributed by atoms with Crippen molar-refractivity contribution in [2.75, 3.05) is 20.7 Å². The number of rotatable bonds is 8. The highest BCUT2D eigenvalue weighted by atomic mass is 127. The molecule has 1 aromatic carbocycles. The predicted octanol–water partition coefficient (Wildman–Crippen LogP) is 3.72. The zero-order chi connectivity index (χ0) is 18.7. The molecule has 0 amide bonds. The first-order chi connectivity index (χ1) is 11.9. The molecular formula is C17H25F3IN3O2. The number of ether oxygens (including phenoxy) is 1. The standard InChI is InChI=1S/C17H24F3N3O2.HI/c1-21-16(22-11-5-3-4-6-15(24)25-2)23-12-13-7-9-14(10-8-13)17(18,19)20;/h7-10H,3-6,11-12H2,1-2H3,(H2,21,22,23);1H. The van der Waals surface area contributed by atoms with E-state index in [0.717, 1.165) is 37.0 Å². The number of unbranched alkanes of at least 4 members (excludes halogenated alkanes) is 2. The minimum absolute atomic E-state index is 0. The van der Waals surface area contributed by atoms with Gasteiger partial charge in [-0.3, -0.25) is 9.79 Å². The van der Waals surface area contributed by atoms with Gasteiger partial charge >= 0.3 is 12.1 Å². The molecule has 0 aromatic heterocycles. The van der Waals surface area contributed by atoms with Gasteiger partial charge in [0.2, 0.25) is 0 Å². The van der Waals surface area contributed by atoms with Gasteiger partial charge in [-0.2, -0.15) is 13.2 Å². The monoisotopic (exact) mass is 487 g/mol. The molecule has 2 N–H and O–H groups in total. The summed E-state index contributed by atoms with van der Waals surface area (Å²) in [5.41, 5.74) is 0.0692. The number of nitrogens with zero attached hydrogens (tertiary/aromatic N) is 1. The maximum absolute atomic E-state index is 12.5. The fourth-order valence-electron chi connectivity index (χ4n) is 2.10. The molecule has 9 heteroatoms. The number of methoxy groups -OCH3 is 1. The zero-order valence-corrected chi connectivity index (χ0v) is 17.2. The highest BCUT2D eigenvalue weighted by Crippen LogP contribution is 2.28. The van der Waals surface area contributed by atoms with Crippen LogP contribution in [-0.4, -0.2) is 32.6 Å². The van der Waals surface area contributed by atoms with Crippen LogP contribution in [0.2, 0.25) is 0 Å². The average molecular weight is 487 g/mol. The molecule has 0 aliphatic rings. The molecule has 0 bridgehead atoms. The summed E-state index contributed by atoms with van der Waals surface area (Å²) >= 11 is 0. The largest absolute Gasteiger partial charge is 0.469 e. The number of hydrogen-bond acceptors (Lipinski definition) is 3. The summed E-state index contributed by atoms with van der Waals surface area (Å²) < 4.78 is 42.1. The van der Waals surface area contributed by atoms with Gasteiger partial charge in [0.05, 0.1) is 12.7 Å². The molecule has 0 aliphatic heterocycles. The molecule has 1 rings (SSSR count). The molecule has 0 heterocycles. The molecule has 0 atom stereocenters. The number of nitrogens with one attached hydrogen (secondary N) is 2. The molecule has 0 saturated carbocycles. The second kappa shape index (κ2) is 12.8. The van der Waals surface area contributed by atoms with Crippen molar-refractivity contribution < 1.29 is 22.7 Å². The maximum Gasteiger partial charge on any atom is 0.416 e. The van der Waals surface area contributed by atoms with Crippen molar-refractivity contribution in [2.45, 2.75) is 38.4 Å². The van der Waals surface area contributed by atoms with Crippen LogP contribution < -0.4 is 10.6 Å². The van der Waals surface area contributed by atoms with E-state index < -0.39 is 11.7 Å². The Morgan fingerprint density at radius 3 is 2.31 bits per heavy atom. The number of esters is 1. The van der Waals surface area contributed by atoms with Gasteiger partial charge in [-0.05, 0) is 30.5 Å². The van der Waals surface area contributed by atoms with E-state index in [0.29, 0.717) is 25.5 Å². The molecule has 148 valence electrons. The van der Waals surface area contributed by atoms with Crippen LogP contribution in [0.4, 0.5) is 13.2 Å². The summed E-state index contributed by atoms with van der Waals surface area (Å²) in [4.78, 5) is 15.0. The first-order valence-corrected chi connectivity index (χ1v) is 8.04. The minimum Gasteiger partial charge on any atom is -0.469 e. The van der Waals surface area contributed by atoms with Gasteiger partial charge in [-0.15, -0.1) is 24.0 Å². The second-order valence-electron chi connectivity index (χ2n) is 5.43. The minimum atomic E-state index is -4.32. The summed E-state index contributed by atoms with van der Waals surface area (Å²) in [6, 6.07) is 5.01. The molecule has 1 aromatic rings. The lowest BCUT2D eigenvalue weighted by Crippen LogP contribution is -2.37. The summed E-state index contributed by atoms with van der Waals surface area (Å²) in [6.45, 7) is 1.06. The van der Waals surface area contributed by atoms with Gasteiger partial charge in [-0.25, -0.2) is 0 Å². The number of halogens is 4. The number of carbonyl (C=O) groups is 1. The van der Waals surface area contributed by atoms with Crippen molar-refractivity contribution in [3.63, 3.8) is 0 Å². The lowest BCUT2D eigenvalue weighted by molar-refractivity contribution is -0.140. The zero-order valence-electron chi connectivity index (χ0n) is 14.9. The van der Waals surface area contributed by atoms with Crippen LogP contribution >= 0.6 is 24.0 Å². The average Bonchev–Trinajstić information content (AvgIpc) is 2.59. The Labute approximate surface area is 168 Å². The Balaban J connectivity index is 0.00000625. The van der Waals surface area contributed by atoms with Crippen LogP contribution in [0.3, 0.4) is 0 Å². The Bertz CT molecular complexity index is 563. The highest BCUT2D eigenvalue weighted by molar-refractivity contribution is 14.0. The summed E-state index contributed by atoms with van der Waals surface area (Å²) in [6.07, 6.45) is -1.38. The summed E-state index contributed by atoms with van der Waals surface area (Å²) in [7, 11) is 3.00. The van der Waals surface area contributed by atoms with Crippen molar-refractivity contribution in [1.82, 2.24) is 10.6 Å². The molecular weight excluding hydrogens is 462 g/mol. The van der Waals surface area contributed by atoms with Gasteiger partial charge in [0.1, 0.15) is 0 Å². The van der Waals surface area contributed by atoms with Gasteiger partial charge in [0, 0.05) is 26.6 Å². The van der Waals surface area contributed by atoms with Gasteiger partial charge in [-0.1, -0.05) is 18.6 Å². The van der Waals surface area contributed by atoms with Crippen LogP contribution in [0, 0.1) is 0 Å². The van der Waals surface area contributed by atoms with Crippen molar-refractivity contribution in [3.05, 3.63) is 35.4 Å². The number of carbonyl (C=O) groups excluding carboxylic acids is 1. The SMILES string of the molecule is CN=C(NCCCCCC(=O)OC)NCc1ccc(C(F)(F)F)cc1.I. The Morgan fingerprint density at radius 1 is 1.12 bits per heavy atom. The number of aliphatic imine (C=N–C) groups is 1. The van der Waals surface area contributed by atoms with E-state index >= 15 is 0 Å². The van der Waals surface area contributed by atoms with Crippen LogP contribution in [0.15, 0.2) is 29.3 Å². The third-order valence-electron chi connectivity index (χ3n) is 3.54. The highest BCUT2D eigenvalue weighted by Gasteiger charge is 2.29. The summed E-state index contributed by atoms with van der Waals surface area (Å²) in [5.74, 6) is 0.370. The van der Waals surface area contributed by atoms with E-state index in [1.165, 1.54) is 19.2 Å². The van der Waals surface area contributed by atoms with Crippen LogP contribution in [0.1, 0.15) is 36.8 Å². The van der Waals surface area contributed by atoms with Crippen molar-refractivity contribution in [2.24, 2.45) is 4.99 Å². The Kier molecular flexibility index (Phi) is 12.0. The molecule has 0 aliphatic carbocycles. The fraction of sp³-hybridized carbons (Fsp3) is 0.529. The third-order valence-corrected chi connectivity index (χ3v) is 3.54. The molecule has 5 nitrogen and oxygen atoms in total. The molecule has 0 unspecified atom stereocenters. The number of alkyl halides is 3. The summed E-state index contributed by atoms with van der Waals surface area (Å²) in [5, 5.41) is 6.17. The van der Waals surface area contributed by atoms with E-state index in [9.17, 15) is 18.0 Å². The van der Waals surface area contributed by atoms with Gasteiger partial charge in [0.15, 0.2) is 5.96 Å². The molecule has 0 saturated heterocycles. The van der Waals surface area contributed by atoms with E-state index in [2.05, 4.69) is 20.4 Å². The number of hydrogen-bond donors (Lipinski definition) is 2. The molecule has 0 fully saturated rings. The predicted molar refractivity (Wildman–Crippen MR) is 106 cm³/mol. The third kappa shape index (κ3) is 9.83. The number of guanidine groups is 1. The first-order valence-electron chi connectivity index (χ1n) is 8.04. The first kappa shape index (κ1) is 24.5. The second-order valence-corrected chi connectivity index (χ2v) is 5.43. The van der Waals surface area contributed by atoms with Crippen LogP contribution in [-0.2, 0) is 22.3 Å². The normalized spacial score (nSPS) is 11.5. The smallest absolute Gasteiger partial charge is 0.416 e. The fourth-order valence-corrected chi connectivity index (χ4v) is 2.10. The van der Waals surface area contributed by atoms with E-state index in [4.69, 9.17) is 0 Å². The van der Waals surface area contributed by atoms with E-state index in [1.54, 1.807) is 7.05 Å². The molecule has 0 spiro atoms. The topological polar surface area (TPSA) is 62.7 Å². The maximum atomic E-state index is 12.5. The quantitative estimate of drug-likeness (QED) is 0.193. The lowest BCUT2D eigenvalue weighted by atomic mass is 10.1. The van der Waals surface area contributed by atoms with Gasteiger partial charge in [0.25, 0.3) is 0 Å². The molecule has 26 heavy (non-hydrogen) atoms.